The van der Waals surface area contributed by atoms with Crippen molar-refractivity contribution in [3.63, 3.8) is 0 Å². The van der Waals surface area contributed by atoms with Gasteiger partial charge in [0.1, 0.15) is 6.33 Å². The Morgan fingerprint density at radius 3 is 2.57 bits per heavy atom. The van der Waals surface area contributed by atoms with E-state index in [4.69, 9.17) is 4.52 Å². The SMILES string of the molecule is Cc1cc(-c2ncnn3cc(CCN4CCC(c5ccc6c(N7CCC(=O)NC7=O)cnn6c5)CC4)cc23)ccc1CNC(=O)c1noc(C(C)(C)C)n1. The van der Waals surface area contributed by atoms with Gasteiger partial charge in [-0.25, -0.2) is 18.8 Å². The van der Waals surface area contributed by atoms with Crippen molar-refractivity contribution >= 4 is 34.6 Å². The van der Waals surface area contributed by atoms with Crippen LogP contribution in [-0.4, -0.2) is 83.3 Å². The minimum atomic E-state index is -0.404. The summed E-state index contributed by atoms with van der Waals surface area (Å²) in [6, 6.07) is 12.1. The van der Waals surface area contributed by atoms with Crippen LogP contribution in [0.3, 0.4) is 0 Å². The number of fused-ring (bicyclic) bond motifs is 2. The molecule has 2 aliphatic rings. The second-order valence-electron chi connectivity index (χ2n) is 15.2. The first kappa shape index (κ1) is 35.1. The summed E-state index contributed by atoms with van der Waals surface area (Å²) in [5.74, 6) is 0.249. The number of nitrogens with one attached hydrogen (secondary N) is 2. The first-order valence-corrected chi connectivity index (χ1v) is 18.4. The minimum Gasteiger partial charge on any atom is -0.345 e. The number of benzene rings is 1. The fraction of sp³-hybridized carbons (Fsp3) is 0.385. The van der Waals surface area contributed by atoms with Gasteiger partial charge in [0.15, 0.2) is 0 Å². The smallest absolute Gasteiger partial charge is 0.328 e. The van der Waals surface area contributed by atoms with Gasteiger partial charge >= 0.3 is 6.03 Å². The van der Waals surface area contributed by atoms with E-state index in [0.29, 0.717) is 30.6 Å². The van der Waals surface area contributed by atoms with Crippen molar-refractivity contribution in [1.29, 1.82) is 0 Å². The third-order valence-electron chi connectivity index (χ3n) is 10.4. The Balaban J connectivity index is 0.866. The number of piperidine rings is 1. The number of amides is 4. The van der Waals surface area contributed by atoms with E-state index < -0.39 is 6.03 Å². The third kappa shape index (κ3) is 7.06. The maximum absolute atomic E-state index is 12.7. The molecule has 0 atom stereocenters. The van der Waals surface area contributed by atoms with Gasteiger partial charge in [0.05, 0.1) is 28.6 Å². The molecule has 5 aromatic heterocycles. The first-order valence-electron chi connectivity index (χ1n) is 18.4. The number of carbonyl (C=O) groups excluding carboxylic acids is 3. The first-order chi connectivity index (χ1) is 26.0. The zero-order valence-electron chi connectivity index (χ0n) is 30.9. The molecule has 7 heterocycles. The summed E-state index contributed by atoms with van der Waals surface area (Å²) in [4.78, 5) is 49.7. The van der Waals surface area contributed by atoms with Crippen LogP contribution in [-0.2, 0) is 23.2 Å². The van der Waals surface area contributed by atoms with Gasteiger partial charge in [-0.15, -0.1) is 0 Å². The lowest BCUT2D eigenvalue weighted by Crippen LogP contribution is -2.49. The predicted octanol–water partition coefficient (Wildman–Crippen LogP) is 4.83. The molecule has 2 N–H and O–H groups in total. The van der Waals surface area contributed by atoms with Crippen molar-refractivity contribution in [3.05, 3.63) is 95.3 Å². The summed E-state index contributed by atoms with van der Waals surface area (Å²) in [6.07, 6.45) is 10.7. The van der Waals surface area contributed by atoms with E-state index in [1.165, 1.54) is 11.1 Å². The summed E-state index contributed by atoms with van der Waals surface area (Å²) in [7, 11) is 0. The Labute approximate surface area is 311 Å². The Hall–Kier alpha value is -5.96. The number of urea groups is 1. The summed E-state index contributed by atoms with van der Waals surface area (Å²) in [5.41, 5.74) is 8.46. The Bertz CT molecular complexity index is 2380. The summed E-state index contributed by atoms with van der Waals surface area (Å²) in [6.45, 7) is 11.5. The maximum Gasteiger partial charge on any atom is 0.328 e. The Morgan fingerprint density at radius 1 is 1.00 bits per heavy atom. The molecule has 1 aromatic carbocycles. The molecule has 54 heavy (non-hydrogen) atoms. The topological polar surface area (TPSA) is 168 Å². The van der Waals surface area contributed by atoms with Crippen LogP contribution < -0.4 is 15.5 Å². The highest BCUT2D eigenvalue weighted by Crippen LogP contribution is 2.31. The van der Waals surface area contributed by atoms with Gasteiger partial charge in [-0.1, -0.05) is 44.1 Å². The number of likely N-dealkylation sites (tertiary alicyclic amines) is 1. The van der Waals surface area contributed by atoms with E-state index in [9.17, 15) is 14.4 Å². The fourth-order valence-corrected chi connectivity index (χ4v) is 7.27. The quantitative estimate of drug-likeness (QED) is 0.210. The summed E-state index contributed by atoms with van der Waals surface area (Å²) >= 11 is 0. The lowest BCUT2D eigenvalue weighted by molar-refractivity contribution is -0.120. The van der Waals surface area contributed by atoms with Crippen LogP contribution in [0.25, 0.3) is 22.3 Å². The molecule has 0 spiro atoms. The second kappa shape index (κ2) is 14.1. The predicted molar refractivity (Wildman–Crippen MR) is 200 cm³/mol. The van der Waals surface area contributed by atoms with Crippen molar-refractivity contribution in [2.75, 3.05) is 31.1 Å². The van der Waals surface area contributed by atoms with Crippen molar-refractivity contribution in [2.24, 2.45) is 0 Å². The van der Waals surface area contributed by atoms with Gasteiger partial charge in [-0.3, -0.25) is 19.8 Å². The molecule has 0 saturated carbocycles. The molecule has 0 aliphatic carbocycles. The van der Waals surface area contributed by atoms with E-state index in [1.807, 2.05) is 54.9 Å². The maximum atomic E-state index is 12.7. The van der Waals surface area contributed by atoms with Gasteiger partial charge in [0.25, 0.3) is 11.7 Å². The molecule has 0 unspecified atom stereocenters. The molecule has 2 aliphatic heterocycles. The number of aromatic nitrogens is 7. The highest BCUT2D eigenvalue weighted by Gasteiger charge is 2.28. The third-order valence-corrected chi connectivity index (χ3v) is 10.4. The number of imide groups is 1. The van der Waals surface area contributed by atoms with Crippen LogP contribution in [0.5, 0.6) is 0 Å². The van der Waals surface area contributed by atoms with Gasteiger partial charge in [0, 0.05) is 49.4 Å². The number of pyridine rings is 1. The molecule has 278 valence electrons. The lowest BCUT2D eigenvalue weighted by Gasteiger charge is -2.32. The molecular weight excluding hydrogens is 687 g/mol. The molecule has 15 heteroatoms. The molecule has 6 aromatic rings. The van der Waals surface area contributed by atoms with Crippen LogP contribution in [0, 0.1) is 6.92 Å². The summed E-state index contributed by atoms with van der Waals surface area (Å²) in [5, 5.41) is 18.2. The molecule has 2 fully saturated rings. The van der Waals surface area contributed by atoms with E-state index in [2.05, 4.69) is 71.4 Å². The Morgan fingerprint density at radius 2 is 1.81 bits per heavy atom. The van der Waals surface area contributed by atoms with Gasteiger partial charge in [-0.05, 0) is 85.6 Å². The number of hydrogen-bond acceptors (Lipinski definition) is 10. The highest BCUT2D eigenvalue weighted by atomic mass is 16.5. The highest BCUT2D eigenvalue weighted by molar-refractivity contribution is 6.07. The van der Waals surface area contributed by atoms with E-state index in [-0.39, 0.29) is 29.5 Å². The number of hydrogen-bond donors (Lipinski definition) is 2. The molecule has 8 rings (SSSR count). The zero-order chi connectivity index (χ0) is 37.6. The minimum absolute atomic E-state index is 0.0260. The molecular formula is C39H43N11O4. The monoisotopic (exact) mass is 729 g/mol. The van der Waals surface area contributed by atoms with Crippen molar-refractivity contribution in [1.82, 2.24) is 49.9 Å². The van der Waals surface area contributed by atoms with E-state index in [1.54, 1.807) is 17.4 Å². The van der Waals surface area contributed by atoms with Crippen molar-refractivity contribution in [2.45, 2.75) is 71.3 Å². The second-order valence-corrected chi connectivity index (χ2v) is 15.2. The van der Waals surface area contributed by atoms with Crippen molar-refractivity contribution in [3.8, 4) is 11.3 Å². The largest absolute Gasteiger partial charge is 0.345 e. The van der Waals surface area contributed by atoms with Gasteiger partial charge < -0.3 is 14.7 Å². The standard InChI is InChI=1S/C39H43N11O4/c1-24-17-27(5-6-28(24)19-40-36(52)35-45-37(54-46-35)39(2,3)4)34-31-18-25(21-49(31)43-23-41-34)9-13-47-14-10-26(11-15-47)29-7-8-30-32(20-42-50(30)22-29)48-16-12-33(51)44-38(48)53/h5-8,17-18,20-23,26H,9-16,19H2,1-4H3,(H,40,52)(H,44,51,53). The fourth-order valence-electron chi connectivity index (χ4n) is 7.27. The van der Waals surface area contributed by atoms with Crippen LogP contribution in [0.2, 0.25) is 0 Å². The van der Waals surface area contributed by atoms with Gasteiger partial charge in [0.2, 0.25) is 11.8 Å². The summed E-state index contributed by atoms with van der Waals surface area (Å²) < 4.78 is 9.01. The normalized spacial score (nSPS) is 16.0. The van der Waals surface area contributed by atoms with E-state index in [0.717, 1.165) is 72.3 Å². The number of anilines is 1. The van der Waals surface area contributed by atoms with E-state index >= 15 is 0 Å². The molecule has 0 bridgehead atoms. The Kier molecular flexibility index (Phi) is 9.17. The number of carbonyl (C=O) groups is 3. The van der Waals surface area contributed by atoms with Crippen LogP contribution in [0.1, 0.15) is 84.7 Å². The number of aryl methyl sites for hydroxylation is 1. The number of rotatable bonds is 9. The molecule has 0 radical (unpaired) electrons. The average molecular weight is 730 g/mol. The zero-order valence-corrected chi connectivity index (χ0v) is 30.9. The number of nitrogens with zero attached hydrogens (tertiary/aromatic N) is 9. The van der Waals surface area contributed by atoms with Crippen LogP contribution in [0.15, 0.2) is 65.8 Å². The van der Waals surface area contributed by atoms with Crippen molar-refractivity contribution < 1.29 is 18.9 Å². The van der Waals surface area contributed by atoms with Gasteiger partial charge in [-0.2, -0.15) is 15.2 Å². The average Bonchev–Trinajstić information content (AvgIpc) is 3.92. The molecule has 2 saturated heterocycles. The van der Waals surface area contributed by atoms with Crippen LogP contribution in [0.4, 0.5) is 10.5 Å². The molecule has 15 nitrogen and oxygen atoms in total. The lowest BCUT2D eigenvalue weighted by atomic mass is 9.90. The molecule has 4 amide bonds. The van der Waals surface area contributed by atoms with Crippen LogP contribution >= 0.6 is 0 Å².